The molecule has 0 unspecified atom stereocenters. The van der Waals surface area contributed by atoms with Crippen LogP contribution in [-0.2, 0) is 13.5 Å². The van der Waals surface area contributed by atoms with E-state index in [2.05, 4.69) is 27.6 Å². The predicted octanol–water partition coefficient (Wildman–Crippen LogP) is 1.01. The Balaban J connectivity index is 2.01. The summed E-state index contributed by atoms with van der Waals surface area (Å²) in [5.41, 5.74) is 17.9. The molecule has 2 aromatic heterocycles. The number of anilines is 3. The number of pyridine rings is 1. The Morgan fingerprint density at radius 1 is 1.24 bits per heavy atom. The first-order valence-corrected chi connectivity index (χ1v) is 6.50. The van der Waals surface area contributed by atoms with Gasteiger partial charge in [0, 0.05) is 12.4 Å². The molecule has 0 amide bonds. The molecule has 0 radical (unpaired) electrons. The normalized spacial score (nSPS) is 11.0. The highest BCUT2D eigenvalue weighted by atomic mass is 15.3. The number of hydrogen-bond acceptors (Lipinski definition) is 6. The van der Waals surface area contributed by atoms with Crippen LogP contribution in [0.4, 0.5) is 17.3 Å². The Morgan fingerprint density at radius 3 is 2.81 bits per heavy atom. The van der Waals surface area contributed by atoms with E-state index in [0.29, 0.717) is 23.7 Å². The summed E-state index contributed by atoms with van der Waals surface area (Å²) in [6, 6.07) is 7.95. The molecule has 21 heavy (non-hydrogen) atoms. The third-order valence-corrected chi connectivity index (χ3v) is 3.51. The summed E-state index contributed by atoms with van der Waals surface area (Å²) in [6.07, 6.45) is 2.49. The molecule has 0 fully saturated rings. The van der Waals surface area contributed by atoms with E-state index in [9.17, 15) is 0 Å². The van der Waals surface area contributed by atoms with Gasteiger partial charge in [-0.25, -0.2) is 10.8 Å². The fourth-order valence-corrected chi connectivity index (χ4v) is 2.41. The number of aromatic nitrogens is 3. The zero-order valence-electron chi connectivity index (χ0n) is 11.7. The van der Waals surface area contributed by atoms with E-state index in [1.54, 1.807) is 6.07 Å². The van der Waals surface area contributed by atoms with Crippen LogP contribution < -0.4 is 22.7 Å². The molecule has 0 aliphatic heterocycles. The smallest absolute Gasteiger partial charge is 0.165 e. The average molecular weight is 283 g/mol. The Hall–Kier alpha value is -2.80. The summed E-state index contributed by atoms with van der Waals surface area (Å²) in [5, 5.41) is 5.34. The highest BCUT2D eigenvalue weighted by Crippen LogP contribution is 2.26. The fourth-order valence-electron chi connectivity index (χ4n) is 2.41. The number of benzene rings is 1. The molecule has 7 nitrogen and oxygen atoms in total. The van der Waals surface area contributed by atoms with Crippen LogP contribution in [0.2, 0.25) is 0 Å². The van der Waals surface area contributed by atoms with Crippen molar-refractivity contribution in [3.05, 3.63) is 41.6 Å². The van der Waals surface area contributed by atoms with Gasteiger partial charge in [-0.2, -0.15) is 5.10 Å². The molecule has 2 heterocycles. The molecule has 0 saturated carbocycles. The summed E-state index contributed by atoms with van der Waals surface area (Å²) in [7, 11) is 1.92. The van der Waals surface area contributed by atoms with Crippen molar-refractivity contribution >= 4 is 28.2 Å². The van der Waals surface area contributed by atoms with Gasteiger partial charge in [-0.05, 0) is 29.7 Å². The number of nitrogens with one attached hydrogen (secondary N) is 1. The molecule has 0 atom stereocenters. The highest BCUT2D eigenvalue weighted by molar-refractivity contribution is 5.79. The van der Waals surface area contributed by atoms with E-state index >= 15 is 0 Å². The van der Waals surface area contributed by atoms with Gasteiger partial charge in [-0.3, -0.25) is 4.68 Å². The highest BCUT2D eigenvalue weighted by Gasteiger charge is 2.10. The van der Waals surface area contributed by atoms with Crippen LogP contribution in [0.1, 0.15) is 11.1 Å². The van der Waals surface area contributed by atoms with Crippen LogP contribution >= 0.6 is 0 Å². The Labute approximate surface area is 121 Å². The van der Waals surface area contributed by atoms with Crippen molar-refractivity contribution in [2.75, 3.05) is 16.9 Å². The number of nitrogens with zero attached hydrogens (tertiary/aromatic N) is 3. The van der Waals surface area contributed by atoms with Crippen molar-refractivity contribution < 1.29 is 0 Å². The van der Waals surface area contributed by atoms with Crippen molar-refractivity contribution in [1.29, 1.82) is 0 Å². The van der Waals surface area contributed by atoms with E-state index in [0.717, 1.165) is 22.0 Å². The lowest BCUT2D eigenvalue weighted by Gasteiger charge is -2.11. The van der Waals surface area contributed by atoms with Gasteiger partial charge in [0.2, 0.25) is 0 Å². The number of nitrogen functional groups attached to an aromatic ring is 3. The quantitative estimate of drug-likeness (QED) is 0.420. The lowest BCUT2D eigenvalue weighted by Crippen LogP contribution is -2.13. The second-order valence-electron chi connectivity index (χ2n) is 4.95. The zero-order chi connectivity index (χ0) is 15.0. The summed E-state index contributed by atoms with van der Waals surface area (Å²) >= 11 is 0. The molecule has 0 aliphatic carbocycles. The molecule has 3 aromatic rings. The van der Waals surface area contributed by atoms with Crippen LogP contribution in [-0.4, -0.2) is 14.8 Å². The Bertz CT molecular complexity index is 806. The molecule has 0 aliphatic rings. The van der Waals surface area contributed by atoms with Crippen LogP contribution in [0.15, 0.2) is 30.5 Å². The third-order valence-electron chi connectivity index (χ3n) is 3.51. The molecule has 7 heteroatoms. The molecule has 0 bridgehead atoms. The van der Waals surface area contributed by atoms with Crippen LogP contribution in [0, 0.1) is 0 Å². The number of aryl methyl sites for hydroxylation is 1. The van der Waals surface area contributed by atoms with Gasteiger partial charge in [-0.1, -0.05) is 12.1 Å². The largest absolute Gasteiger partial charge is 0.395 e. The van der Waals surface area contributed by atoms with Gasteiger partial charge in [0.15, 0.2) is 5.82 Å². The summed E-state index contributed by atoms with van der Waals surface area (Å²) in [4.78, 5) is 4.05. The Morgan fingerprint density at radius 2 is 2.05 bits per heavy atom. The molecular weight excluding hydrogens is 266 g/mol. The molecule has 0 spiro atoms. The standard InChI is InChI=1S/C14H17N7/c1-21-11-5-8(2-3-9(11)7-18-21)4-10-6-12(15)19-14(20-17)13(10)16/h2-3,5-7H,4,16-17H2,1H3,(H3,15,19,20). The van der Waals surface area contributed by atoms with Crippen molar-refractivity contribution in [2.24, 2.45) is 12.9 Å². The maximum absolute atomic E-state index is 6.06. The van der Waals surface area contributed by atoms with Gasteiger partial charge in [0.05, 0.1) is 17.4 Å². The fraction of sp³-hybridized carbons (Fsp3) is 0.143. The van der Waals surface area contributed by atoms with Crippen LogP contribution in [0.5, 0.6) is 0 Å². The number of hydrazine groups is 1. The van der Waals surface area contributed by atoms with E-state index < -0.39 is 0 Å². The molecule has 1 aromatic carbocycles. The monoisotopic (exact) mass is 283 g/mol. The lowest BCUT2D eigenvalue weighted by atomic mass is 10.0. The first-order chi connectivity index (χ1) is 10.1. The van der Waals surface area contributed by atoms with Crippen LogP contribution in [0.3, 0.4) is 0 Å². The molecule has 7 N–H and O–H groups in total. The second kappa shape index (κ2) is 4.95. The second-order valence-corrected chi connectivity index (χ2v) is 4.95. The number of rotatable bonds is 3. The van der Waals surface area contributed by atoms with Crippen LogP contribution in [0.25, 0.3) is 10.9 Å². The minimum atomic E-state index is 0.383. The van der Waals surface area contributed by atoms with E-state index in [4.69, 9.17) is 17.3 Å². The molecule has 3 rings (SSSR count). The van der Waals surface area contributed by atoms with Gasteiger partial charge in [0.1, 0.15) is 5.82 Å². The van der Waals surface area contributed by atoms with Crippen molar-refractivity contribution in [1.82, 2.24) is 14.8 Å². The first-order valence-electron chi connectivity index (χ1n) is 6.50. The number of nitrogens with two attached hydrogens (primary N) is 3. The molecular formula is C14H17N7. The minimum Gasteiger partial charge on any atom is -0.395 e. The van der Waals surface area contributed by atoms with Gasteiger partial charge >= 0.3 is 0 Å². The lowest BCUT2D eigenvalue weighted by molar-refractivity contribution is 0.796. The predicted molar refractivity (Wildman–Crippen MR) is 84.4 cm³/mol. The van der Waals surface area contributed by atoms with Gasteiger partial charge in [0.25, 0.3) is 0 Å². The Kier molecular flexibility index (Phi) is 3.11. The average Bonchev–Trinajstić information content (AvgIpc) is 2.84. The van der Waals surface area contributed by atoms with E-state index in [-0.39, 0.29) is 0 Å². The molecule has 0 saturated heterocycles. The topological polar surface area (TPSA) is 121 Å². The first kappa shape index (κ1) is 13.2. The van der Waals surface area contributed by atoms with Crippen molar-refractivity contribution in [3.63, 3.8) is 0 Å². The van der Waals surface area contributed by atoms with Crippen molar-refractivity contribution in [3.8, 4) is 0 Å². The summed E-state index contributed by atoms with van der Waals surface area (Å²) in [6.45, 7) is 0. The minimum absolute atomic E-state index is 0.383. The van der Waals surface area contributed by atoms with E-state index in [1.165, 1.54) is 0 Å². The summed E-state index contributed by atoms with van der Waals surface area (Å²) < 4.78 is 1.84. The zero-order valence-corrected chi connectivity index (χ0v) is 11.7. The van der Waals surface area contributed by atoms with Gasteiger partial charge < -0.3 is 16.9 Å². The molecule has 108 valence electrons. The SMILES string of the molecule is Cn1ncc2ccc(Cc3cc(N)nc(NN)c3N)cc21. The third kappa shape index (κ3) is 2.34. The van der Waals surface area contributed by atoms with Gasteiger partial charge in [-0.15, -0.1) is 0 Å². The van der Waals surface area contributed by atoms with Crippen molar-refractivity contribution in [2.45, 2.75) is 6.42 Å². The van der Waals surface area contributed by atoms with E-state index in [1.807, 2.05) is 24.0 Å². The number of hydrogen-bond donors (Lipinski definition) is 4. The number of fused-ring (bicyclic) bond motifs is 1. The maximum Gasteiger partial charge on any atom is 0.165 e. The maximum atomic E-state index is 6.06. The summed E-state index contributed by atoms with van der Waals surface area (Å²) in [5.74, 6) is 6.18.